The van der Waals surface area contributed by atoms with E-state index in [-0.39, 0.29) is 24.7 Å². The molecule has 2 rings (SSSR count). The molecule has 0 saturated heterocycles. The van der Waals surface area contributed by atoms with Crippen LogP contribution in [0.15, 0.2) is 12.1 Å². The van der Waals surface area contributed by atoms with Crippen molar-refractivity contribution < 1.29 is 14.3 Å². The molecule has 16 heavy (non-hydrogen) atoms. The lowest BCUT2D eigenvalue weighted by molar-refractivity contribution is -0.116. The average molecular weight is 220 g/mol. The van der Waals surface area contributed by atoms with Crippen LogP contribution in [-0.4, -0.2) is 18.3 Å². The van der Waals surface area contributed by atoms with Gasteiger partial charge in [0.25, 0.3) is 0 Å². The highest BCUT2D eigenvalue weighted by atomic mass is 16.5. The zero-order valence-corrected chi connectivity index (χ0v) is 8.87. The summed E-state index contributed by atoms with van der Waals surface area (Å²) in [5, 5.41) is 2.66. The van der Waals surface area contributed by atoms with Gasteiger partial charge in [0.1, 0.15) is 0 Å². The smallest absolute Gasteiger partial charge is 0.227 e. The molecule has 0 unspecified atom stereocenters. The second-order valence-corrected chi connectivity index (χ2v) is 3.65. The minimum absolute atomic E-state index is 0.139. The number of ketones is 1. The van der Waals surface area contributed by atoms with Crippen LogP contribution in [0.3, 0.4) is 0 Å². The Kier molecular flexibility index (Phi) is 2.52. The molecule has 5 nitrogen and oxygen atoms in total. The largest absolute Gasteiger partial charge is 0.490 e. The minimum atomic E-state index is -0.140. The maximum Gasteiger partial charge on any atom is 0.227 e. The second kappa shape index (κ2) is 3.84. The number of hydrogen-bond donors (Lipinski definition) is 2. The van der Waals surface area contributed by atoms with Crippen molar-refractivity contribution in [1.29, 1.82) is 0 Å². The van der Waals surface area contributed by atoms with E-state index >= 15 is 0 Å². The summed E-state index contributed by atoms with van der Waals surface area (Å²) in [4.78, 5) is 22.7. The SMILES string of the molecule is CC(=O)c1cc(N)cc2c1OCCC(=O)N2. The predicted molar refractivity (Wildman–Crippen MR) is 59.6 cm³/mol. The number of carbonyl (C=O) groups excluding carboxylic acids is 2. The molecule has 0 saturated carbocycles. The fraction of sp³-hybridized carbons (Fsp3) is 0.273. The summed E-state index contributed by atoms with van der Waals surface area (Å²) in [6.45, 7) is 1.70. The summed E-state index contributed by atoms with van der Waals surface area (Å²) in [6, 6.07) is 3.14. The van der Waals surface area contributed by atoms with Crippen LogP contribution in [0.2, 0.25) is 0 Å². The number of ether oxygens (including phenoxy) is 1. The van der Waals surface area contributed by atoms with E-state index in [0.717, 1.165) is 0 Å². The maximum absolute atomic E-state index is 11.4. The minimum Gasteiger partial charge on any atom is -0.490 e. The fourth-order valence-electron chi connectivity index (χ4n) is 1.62. The average Bonchev–Trinajstić information content (AvgIpc) is 2.37. The number of carbonyl (C=O) groups is 2. The summed E-state index contributed by atoms with van der Waals surface area (Å²) in [5.74, 6) is 0.131. The predicted octanol–water partition coefficient (Wildman–Crippen LogP) is 1.19. The summed E-state index contributed by atoms with van der Waals surface area (Å²) in [5.41, 5.74) is 6.95. The van der Waals surface area contributed by atoms with Crippen LogP contribution in [0, 0.1) is 0 Å². The van der Waals surface area contributed by atoms with Gasteiger partial charge < -0.3 is 15.8 Å². The summed E-state index contributed by atoms with van der Waals surface area (Å²) < 4.78 is 5.41. The monoisotopic (exact) mass is 220 g/mol. The Hall–Kier alpha value is -2.04. The van der Waals surface area contributed by atoms with Gasteiger partial charge in [-0.3, -0.25) is 9.59 Å². The lowest BCUT2D eigenvalue weighted by Gasteiger charge is -2.11. The fourth-order valence-corrected chi connectivity index (χ4v) is 1.62. The third-order valence-corrected chi connectivity index (χ3v) is 2.34. The first-order chi connectivity index (χ1) is 7.58. The van der Waals surface area contributed by atoms with Gasteiger partial charge in [0, 0.05) is 5.69 Å². The molecular weight excluding hydrogens is 208 g/mol. The number of Topliss-reactive ketones (excluding diaryl/α,β-unsaturated/α-hetero) is 1. The maximum atomic E-state index is 11.4. The van der Waals surface area contributed by atoms with Crippen molar-refractivity contribution in [2.75, 3.05) is 17.7 Å². The molecule has 0 radical (unpaired) electrons. The number of nitrogens with two attached hydrogens (primary N) is 1. The normalized spacial score (nSPS) is 14.4. The van der Waals surface area contributed by atoms with Gasteiger partial charge in [-0.15, -0.1) is 0 Å². The first-order valence-electron chi connectivity index (χ1n) is 4.95. The molecule has 0 bridgehead atoms. The van der Waals surface area contributed by atoms with Gasteiger partial charge in [-0.25, -0.2) is 0 Å². The Morgan fingerprint density at radius 3 is 2.94 bits per heavy atom. The molecule has 0 aromatic heterocycles. The standard InChI is InChI=1S/C11H12N2O3/c1-6(14)8-4-7(12)5-9-11(8)16-3-2-10(15)13-9/h4-5H,2-3,12H2,1H3,(H,13,15). The molecule has 1 heterocycles. The number of anilines is 2. The number of fused-ring (bicyclic) bond motifs is 1. The third-order valence-electron chi connectivity index (χ3n) is 2.34. The van der Waals surface area contributed by atoms with E-state index in [2.05, 4.69) is 5.32 Å². The molecule has 0 aliphatic carbocycles. The van der Waals surface area contributed by atoms with Crippen molar-refractivity contribution in [3.05, 3.63) is 17.7 Å². The highest BCUT2D eigenvalue weighted by molar-refractivity contribution is 6.03. The van der Waals surface area contributed by atoms with Crippen LogP contribution in [-0.2, 0) is 4.79 Å². The molecule has 0 atom stereocenters. The Bertz CT molecular complexity index is 469. The van der Waals surface area contributed by atoms with Crippen LogP contribution >= 0.6 is 0 Å². The molecule has 1 aromatic carbocycles. The molecule has 0 fully saturated rings. The number of hydrogen-bond acceptors (Lipinski definition) is 4. The topological polar surface area (TPSA) is 81.4 Å². The first kappa shape index (κ1) is 10.5. The van der Waals surface area contributed by atoms with Gasteiger partial charge in [-0.1, -0.05) is 0 Å². The Morgan fingerprint density at radius 1 is 1.50 bits per heavy atom. The highest BCUT2D eigenvalue weighted by Gasteiger charge is 2.19. The summed E-state index contributed by atoms with van der Waals surface area (Å²) >= 11 is 0. The van der Waals surface area contributed by atoms with Gasteiger partial charge >= 0.3 is 0 Å². The molecule has 84 valence electrons. The van der Waals surface area contributed by atoms with E-state index in [9.17, 15) is 9.59 Å². The van der Waals surface area contributed by atoms with Crippen LogP contribution in [0.4, 0.5) is 11.4 Å². The molecule has 1 aromatic rings. The Labute approximate surface area is 92.6 Å². The van der Waals surface area contributed by atoms with E-state index < -0.39 is 0 Å². The first-order valence-corrected chi connectivity index (χ1v) is 4.95. The second-order valence-electron chi connectivity index (χ2n) is 3.65. The van der Waals surface area contributed by atoms with Crippen LogP contribution < -0.4 is 15.8 Å². The highest BCUT2D eigenvalue weighted by Crippen LogP contribution is 2.33. The van der Waals surface area contributed by atoms with Crippen molar-refractivity contribution in [2.45, 2.75) is 13.3 Å². The number of benzene rings is 1. The van der Waals surface area contributed by atoms with E-state index in [4.69, 9.17) is 10.5 Å². The molecule has 1 aliphatic heterocycles. The number of rotatable bonds is 1. The van der Waals surface area contributed by atoms with E-state index in [0.29, 0.717) is 22.7 Å². The molecular formula is C11H12N2O3. The van der Waals surface area contributed by atoms with Gasteiger partial charge in [-0.2, -0.15) is 0 Å². The van der Waals surface area contributed by atoms with Crippen LogP contribution in [0.1, 0.15) is 23.7 Å². The van der Waals surface area contributed by atoms with E-state index in [1.807, 2.05) is 0 Å². The zero-order valence-electron chi connectivity index (χ0n) is 8.87. The van der Waals surface area contributed by atoms with Crippen molar-refractivity contribution >= 4 is 23.1 Å². The molecule has 1 amide bonds. The van der Waals surface area contributed by atoms with Gasteiger partial charge in [0.2, 0.25) is 5.91 Å². The van der Waals surface area contributed by atoms with Gasteiger partial charge in [0.15, 0.2) is 11.5 Å². The van der Waals surface area contributed by atoms with Crippen molar-refractivity contribution in [3.63, 3.8) is 0 Å². The van der Waals surface area contributed by atoms with Crippen LogP contribution in [0.25, 0.3) is 0 Å². The van der Waals surface area contributed by atoms with E-state index in [1.165, 1.54) is 6.92 Å². The summed E-state index contributed by atoms with van der Waals surface area (Å²) in [7, 11) is 0. The zero-order chi connectivity index (χ0) is 11.7. The third kappa shape index (κ3) is 1.84. The number of nitrogens with one attached hydrogen (secondary N) is 1. The quantitative estimate of drug-likeness (QED) is 0.550. The lowest BCUT2D eigenvalue weighted by atomic mass is 10.1. The van der Waals surface area contributed by atoms with Crippen LogP contribution in [0.5, 0.6) is 5.75 Å². The molecule has 3 N–H and O–H groups in total. The number of nitrogen functional groups attached to an aromatic ring is 1. The molecule has 0 spiro atoms. The van der Waals surface area contributed by atoms with Crippen molar-refractivity contribution in [2.24, 2.45) is 0 Å². The van der Waals surface area contributed by atoms with E-state index in [1.54, 1.807) is 12.1 Å². The molecule has 1 aliphatic rings. The van der Waals surface area contributed by atoms with Crippen molar-refractivity contribution in [3.8, 4) is 5.75 Å². The molecule has 5 heteroatoms. The Balaban J connectivity index is 2.57. The van der Waals surface area contributed by atoms with Crippen molar-refractivity contribution in [1.82, 2.24) is 0 Å². The Morgan fingerprint density at radius 2 is 2.25 bits per heavy atom. The lowest BCUT2D eigenvalue weighted by Crippen LogP contribution is -2.10. The number of amides is 1. The van der Waals surface area contributed by atoms with Gasteiger partial charge in [0.05, 0.1) is 24.3 Å². The van der Waals surface area contributed by atoms with Gasteiger partial charge in [-0.05, 0) is 19.1 Å². The summed E-state index contributed by atoms with van der Waals surface area (Å²) in [6.07, 6.45) is 0.270.